The van der Waals surface area contributed by atoms with Crippen LogP contribution in [-0.4, -0.2) is 34.2 Å². The van der Waals surface area contributed by atoms with Crippen molar-refractivity contribution in [2.45, 2.75) is 45.8 Å². The van der Waals surface area contributed by atoms with Gasteiger partial charge in [-0.3, -0.25) is 4.79 Å². The highest BCUT2D eigenvalue weighted by Crippen LogP contribution is 2.26. The molecule has 0 bridgehead atoms. The van der Waals surface area contributed by atoms with Crippen LogP contribution < -0.4 is 0 Å². The third-order valence-corrected chi connectivity index (χ3v) is 2.90. The third-order valence-electron chi connectivity index (χ3n) is 2.90. The summed E-state index contributed by atoms with van der Waals surface area (Å²) in [7, 11) is 0. The minimum absolute atomic E-state index is 0.156. The zero-order chi connectivity index (χ0) is 16.0. The highest BCUT2D eigenvalue weighted by Gasteiger charge is 2.29. The van der Waals surface area contributed by atoms with E-state index in [-0.39, 0.29) is 6.42 Å². The SMILES string of the molecule is CCN(C(=O)OC(C)(C)C)C(CC(=O)O)c1ccccc1. The topological polar surface area (TPSA) is 66.8 Å². The van der Waals surface area contributed by atoms with E-state index in [1.807, 2.05) is 37.3 Å². The van der Waals surface area contributed by atoms with Gasteiger partial charge in [0.1, 0.15) is 5.60 Å². The van der Waals surface area contributed by atoms with Crippen LogP contribution in [0.5, 0.6) is 0 Å². The molecule has 0 saturated carbocycles. The van der Waals surface area contributed by atoms with Gasteiger partial charge in [-0.1, -0.05) is 30.3 Å². The van der Waals surface area contributed by atoms with Gasteiger partial charge in [-0.2, -0.15) is 0 Å². The van der Waals surface area contributed by atoms with Crippen molar-refractivity contribution in [3.63, 3.8) is 0 Å². The summed E-state index contributed by atoms with van der Waals surface area (Å²) in [5.74, 6) is -0.953. The van der Waals surface area contributed by atoms with Crippen LogP contribution >= 0.6 is 0 Å². The second kappa shape index (κ2) is 7.11. The van der Waals surface area contributed by atoms with Gasteiger partial charge in [0.05, 0.1) is 12.5 Å². The lowest BCUT2D eigenvalue weighted by atomic mass is 10.0. The van der Waals surface area contributed by atoms with E-state index in [1.54, 1.807) is 20.8 Å². The lowest BCUT2D eigenvalue weighted by Gasteiger charge is -2.32. The molecule has 1 N–H and O–H groups in total. The second-order valence-electron chi connectivity index (χ2n) is 5.79. The number of carboxylic acids is 1. The fraction of sp³-hybridized carbons (Fsp3) is 0.500. The Morgan fingerprint density at radius 3 is 2.24 bits per heavy atom. The Hall–Kier alpha value is -2.04. The summed E-state index contributed by atoms with van der Waals surface area (Å²) in [4.78, 5) is 24.9. The molecule has 0 aliphatic rings. The van der Waals surface area contributed by atoms with E-state index in [2.05, 4.69) is 0 Å². The van der Waals surface area contributed by atoms with Crippen LogP contribution in [0.4, 0.5) is 4.79 Å². The lowest BCUT2D eigenvalue weighted by Crippen LogP contribution is -2.40. The summed E-state index contributed by atoms with van der Waals surface area (Å²) in [5, 5.41) is 9.13. The largest absolute Gasteiger partial charge is 0.481 e. The lowest BCUT2D eigenvalue weighted by molar-refractivity contribution is -0.138. The molecule has 0 aliphatic carbocycles. The summed E-state index contributed by atoms with van der Waals surface area (Å²) in [6, 6.07) is 8.61. The van der Waals surface area contributed by atoms with E-state index in [0.29, 0.717) is 6.54 Å². The predicted octanol–water partition coefficient (Wildman–Crippen LogP) is 3.46. The Labute approximate surface area is 125 Å². The Morgan fingerprint density at radius 2 is 1.81 bits per heavy atom. The van der Waals surface area contributed by atoms with Gasteiger partial charge in [-0.25, -0.2) is 4.79 Å². The maximum Gasteiger partial charge on any atom is 0.410 e. The molecule has 0 radical (unpaired) electrons. The highest BCUT2D eigenvalue weighted by atomic mass is 16.6. The molecule has 5 nitrogen and oxygen atoms in total. The normalized spacial score (nSPS) is 12.6. The van der Waals surface area contributed by atoms with E-state index in [9.17, 15) is 9.59 Å². The molecular formula is C16H23NO4. The molecule has 0 fully saturated rings. The number of carboxylic acid groups (broad SMARTS) is 1. The van der Waals surface area contributed by atoms with Gasteiger partial charge in [0.25, 0.3) is 0 Å². The van der Waals surface area contributed by atoms with Gasteiger partial charge in [-0.15, -0.1) is 0 Å². The number of benzene rings is 1. The maximum absolute atomic E-state index is 12.3. The maximum atomic E-state index is 12.3. The number of carbonyl (C=O) groups is 2. The minimum Gasteiger partial charge on any atom is -0.481 e. The zero-order valence-electron chi connectivity index (χ0n) is 13.0. The van der Waals surface area contributed by atoms with Gasteiger partial charge < -0.3 is 14.7 Å². The van der Waals surface area contributed by atoms with Crippen LogP contribution in [0, 0.1) is 0 Å². The fourth-order valence-corrected chi connectivity index (χ4v) is 2.05. The molecule has 1 atom stereocenters. The fourth-order valence-electron chi connectivity index (χ4n) is 2.05. The van der Waals surface area contributed by atoms with Crippen LogP contribution in [0.15, 0.2) is 30.3 Å². The predicted molar refractivity (Wildman–Crippen MR) is 80.0 cm³/mol. The molecule has 1 aromatic carbocycles. The summed E-state index contributed by atoms with van der Waals surface area (Å²) in [6.07, 6.45) is -0.656. The molecular weight excluding hydrogens is 270 g/mol. The van der Waals surface area contributed by atoms with E-state index in [4.69, 9.17) is 9.84 Å². The first kappa shape index (κ1) is 17.0. The van der Waals surface area contributed by atoms with Crippen LogP contribution in [-0.2, 0) is 9.53 Å². The smallest absolute Gasteiger partial charge is 0.410 e. The standard InChI is InChI=1S/C16H23NO4/c1-5-17(15(20)21-16(2,3)4)13(11-14(18)19)12-9-7-6-8-10-12/h6-10,13H,5,11H2,1-4H3,(H,18,19). The highest BCUT2D eigenvalue weighted by molar-refractivity contribution is 5.72. The van der Waals surface area contributed by atoms with Crippen molar-refractivity contribution in [1.82, 2.24) is 4.90 Å². The third kappa shape index (κ3) is 5.45. The molecule has 0 aliphatic heterocycles. The number of ether oxygens (including phenoxy) is 1. The summed E-state index contributed by atoms with van der Waals surface area (Å²) in [5.41, 5.74) is 0.169. The number of rotatable bonds is 5. The van der Waals surface area contributed by atoms with Gasteiger partial charge in [0.15, 0.2) is 0 Å². The molecule has 0 saturated heterocycles. The average molecular weight is 293 g/mol. The number of carbonyl (C=O) groups excluding carboxylic acids is 1. The number of nitrogens with zero attached hydrogens (tertiary/aromatic N) is 1. The van der Waals surface area contributed by atoms with E-state index >= 15 is 0 Å². The first-order valence-electron chi connectivity index (χ1n) is 7.01. The molecule has 116 valence electrons. The van der Waals surface area contributed by atoms with Crippen LogP contribution in [0.25, 0.3) is 0 Å². The van der Waals surface area contributed by atoms with Crippen molar-refractivity contribution in [3.8, 4) is 0 Å². The number of hydrogen-bond acceptors (Lipinski definition) is 3. The first-order valence-corrected chi connectivity index (χ1v) is 7.01. The van der Waals surface area contributed by atoms with E-state index < -0.39 is 23.7 Å². The molecule has 0 heterocycles. The van der Waals surface area contributed by atoms with Crippen molar-refractivity contribution in [2.24, 2.45) is 0 Å². The zero-order valence-corrected chi connectivity index (χ0v) is 13.0. The molecule has 21 heavy (non-hydrogen) atoms. The Bertz CT molecular complexity index is 479. The van der Waals surface area contributed by atoms with Gasteiger partial charge in [0.2, 0.25) is 0 Å². The van der Waals surface area contributed by atoms with Crippen molar-refractivity contribution < 1.29 is 19.4 Å². The van der Waals surface area contributed by atoms with E-state index in [0.717, 1.165) is 5.56 Å². The molecule has 1 unspecified atom stereocenters. The van der Waals surface area contributed by atoms with Crippen molar-refractivity contribution in [2.75, 3.05) is 6.54 Å². The average Bonchev–Trinajstić information content (AvgIpc) is 2.37. The summed E-state index contributed by atoms with van der Waals surface area (Å²) < 4.78 is 5.37. The Balaban J connectivity index is 3.04. The molecule has 1 amide bonds. The molecule has 1 aromatic rings. The molecule has 5 heteroatoms. The monoisotopic (exact) mass is 293 g/mol. The van der Waals surface area contributed by atoms with Crippen molar-refractivity contribution in [1.29, 1.82) is 0 Å². The minimum atomic E-state index is -0.953. The van der Waals surface area contributed by atoms with Gasteiger partial charge in [-0.05, 0) is 33.3 Å². The van der Waals surface area contributed by atoms with Gasteiger partial charge in [0, 0.05) is 6.54 Å². The van der Waals surface area contributed by atoms with Crippen LogP contribution in [0.1, 0.15) is 45.7 Å². The van der Waals surface area contributed by atoms with Crippen molar-refractivity contribution >= 4 is 12.1 Å². The van der Waals surface area contributed by atoms with Gasteiger partial charge >= 0.3 is 12.1 Å². The number of hydrogen-bond donors (Lipinski definition) is 1. The molecule has 0 aromatic heterocycles. The second-order valence-corrected chi connectivity index (χ2v) is 5.79. The first-order chi connectivity index (χ1) is 9.74. The summed E-state index contributed by atoms with van der Waals surface area (Å²) in [6.45, 7) is 7.54. The quantitative estimate of drug-likeness (QED) is 0.902. The Morgan fingerprint density at radius 1 is 1.24 bits per heavy atom. The van der Waals surface area contributed by atoms with Crippen LogP contribution in [0.3, 0.4) is 0 Å². The van der Waals surface area contributed by atoms with E-state index in [1.165, 1.54) is 4.90 Å². The molecule has 0 spiro atoms. The number of aliphatic carboxylic acids is 1. The molecule has 1 rings (SSSR count). The van der Waals surface area contributed by atoms with Crippen molar-refractivity contribution in [3.05, 3.63) is 35.9 Å². The number of amides is 1. The van der Waals surface area contributed by atoms with Crippen LogP contribution in [0.2, 0.25) is 0 Å². The Kier molecular flexibility index (Phi) is 5.76. The summed E-state index contributed by atoms with van der Waals surface area (Å²) >= 11 is 0.